The molecule has 2 aliphatic rings. The molecule has 1 aromatic heterocycles. The van der Waals surface area contributed by atoms with E-state index < -0.39 is 0 Å². The highest BCUT2D eigenvalue weighted by atomic mass is 16.6. The fraction of sp³-hybridized carbons (Fsp3) is 0.375. The number of aliphatic hydroxyl groups excluding tert-OH is 1. The van der Waals surface area contributed by atoms with Crippen molar-refractivity contribution in [3.05, 3.63) is 65.4 Å². The van der Waals surface area contributed by atoms with Crippen LogP contribution in [0.25, 0.3) is 10.9 Å². The molecule has 0 aliphatic carbocycles. The Bertz CT molecular complexity index is 1030. The van der Waals surface area contributed by atoms with E-state index in [-0.39, 0.29) is 12.0 Å². The van der Waals surface area contributed by atoms with Crippen molar-refractivity contribution in [1.29, 1.82) is 0 Å². The third kappa shape index (κ3) is 3.68. The molecule has 2 aromatic carbocycles. The first-order valence-electron chi connectivity index (χ1n) is 10.3. The number of likely N-dealkylation sites (tertiary alicyclic amines) is 1. The maximum atomic E-state index is 10.7. The molecule has 0 radical (unpaired) electrons. The first-order valence-corrected chi connectivity index (χ1v) is 10.3. The second-order valence-electron chi connectivity index (χ2n) is 8.14. The Labute approximate surface area is 170 Å². The Kier molecular flexibility index (Phi) is 4.86. The molecule has 1 N–H and O–H groups in total. The number of para-hydroxylation sites is 1. The molecule has 5 nitrogen and oxygen atoms in total. The number of ether oxygens (including phenoxy) is 2. The molecule has 0 amide bonds. The van der Waals surface area contributed by atoms with E-state index in [0.29, 0.717) is 19.8 Å². The molecular formula is C24H26N2O3. The number of benzene rings is 2. The lowest BCUT2D eigenvalue weighted by molar-refractivity contribution is 0.141. The van der Waals surface area contributed by atoms with Crippen LogP contribution in [0.2, 0.25) is 0 Å². The Hall–Kier alpha value is -2.63. The van der Waals surface area contributed by atoms with Crippen molar-refractivity contribution in [1.82, 2.24) is 9.88 Å². The number of pyridine rings is 1. The molecule has 150 valence electrons. The zero-order valence-corrected chi connectivity index (χ0v) is 16.7. The molecule has 0 saturated carbocycles. The Balaban J connectivity index is 1.31. The van der Waals surface area contributed by atoms with Crippen molar-refractivity contribution >= 4 is 10.9 Å². The van der Waals surface area contributed by atoms with E-state index in [1.165, 1.54) is 22.1 Å². The fourth-order valence-corrected chi connectivity index (χ4v) is 4.53. The van der Waals surface area contributed by atoms with Gasteiger partial charge in [-0.3, -0.25) is 9.88 Å². The molecule has 1 fully saturated rings. The van der Waals surface area contributed by atoms with Crippen molar-refractivity contribution in [2.24, 2.45) is 5.92 Å². The third-order valence-electron chi connectivity index (χ3n) is 6.10. The van der Waals surface area contributed by atoms with Crippen LogP contribution in [0, 0.1) is 12.8 Å². The predicted molar refractivity (Wildman–Crippen MR) is 112 cm³/mol. The topological polar surface area (TPSA) is 54.8 Å². The molecule has 3 aromatic rings. The summed E-state index contributed by atoms with van der Waals surface area (Å²) < 4.78 is 11.4. The van der Waals surface area contributed by atoms with Crippen LogP contribution >= 0.6 is 0 Å². The summed E-state index contributed by atoms with van der Waals surface area (Å²) in [6.07, 6.45) is 2.41. The highest BCUT2D eigenvalue weighted by Crippen LogP contribution is 2.34. The summed E-state index contributed by atoms with van der Waals surface area (Å²) in [6, 6.07) is 14.5. The molecule has 1 saturated heterocycles. The predicted octanol–water partition coefficient (Wildman–Crippen LogP) is 3.35. The van der Waals surface area contributed by atoms with Gasteiger partial charge < -0.3 is 14.6 Å². The summed E-state index contributed by atoms with van der Waals surface area (Å²) in [5, 5.41) is 11.9. The van der Waals surface area contributed by atoms with E-state index in [9.17, 15) is 5.11 Å². The summed E-state index contributed by atoms with van der Waals surface area (Å²) in [5.41, 5.74) is 4.71. The van der Waals surface area contributed by atoms with Crippen LogP contribution in [0.1, 0.15) is 16.7 Å². The van der Waals surface area contributed by atoms with Gasteiger partial charge >= 0.3 is 0 Å². The van der Waals surface area contributed by atoms with E-state index in [4.69, 9.17) is 9.47 Å². The second kappa shape index (κ2) is 7.65. The lowest BCUT2D eigenvalue weighted by Crippen LogP contribution is -2.22. The molecule has 0 spiro atoms. The van der Waals surface area contributed by atoms with Crippen LogP contribution in [0.4, 0.5) is 0 Å². The number of hydrogen-bond acceptors (Lipinski definition) is 5. The van der Waals surface area contributed by atoms with Crippen LogP contribution in [-0.4, -0.2) is 47.4 Å². The van der Waals surface area contributed by atoms with E-state index >= 15 is 0 Å². The first kappa shape index (κ1) is 18.4. The minimum Gasteiger partial charge on any atom is -0.486 e. The van der Waals surface area contributed by atoms with Gasteiger partial charge in [0.2, 0.25) is 0 Å². The van der Waals surface area contributed by atoms with Crippen LogP contribution < -0.4 is 9.47 Å². The summed E-state index contributed by atoms with van der Waals surface area (Å²) in [5.74, 6) is 1.89. The molecule has 0 bridgehead atoms. The van der Waals surface area contributed by atoms with E-state index in [2.05, 4.69) is 47.1 Å². The van der Waals surface area contributed by atoms with Gasteiger partial charge in [0, 0.05) is 37.1 Å². The van der Waals surface area contributed by atoms with Gasteiger partial charge in [-0.1, -0.05) is 18.2 Å². The Morgan fingerprint density at radius 3 is 2.69 bits per heavy atom. The van der Waals surface area contributed by atoms with Crippen LogP contribution in [0.15, 0.2) is 48.7 Å². The number of hydrogen-bond donors (Lipinski definition) is 1. The number of rotatable bonds is 4. The van der Waals surface area contributed by atoms with Crippen LogP contribution in [-0.2, 0) is 13.0 Å². The van der Waals surface area contributed by atoms with Gasteiger partial charge in [-0.15, -0.1) is 0 Å². The number of aliphatic hydroxyl groups is 1. The SMILES string of the molecule is Cc1cc2c(cc1CN1C[C@@H](Cc3ccnc4ccccc34)[C@@H](O)C1)OCCO2. The molecule has 5 heteroatoms. The van der Waals surface area contributed by atoms with Crippen LogP contribution in [0.3, 0.4) is 0 Å². The average Bonchev–Trinajstić information content (AvgIpc) is 3.07. The van der Waals surface area contributed by atoms with Gasteiger partial charge in [-0.25, -0.2) is 0 Å². The van der Waals surface area contributed by atoms with Gasteiger partial charge in [0.05, 0.1) is 11.6 Å². The van der Waals surface area contributed by atoms with Gasteiger partial charge in [0.25, 0.3) is 0 Å². The third-order valence-corrected chi connectivity index (χ3v) is 6.10. The maximum absolute atomic E-state index is 10.7. The number of fused-ring (bicyclic) bond motifs is 2. The minimum atomic E-state index is -0.320. The molecule has 2 atom stereocenters. The molecule has 0 unspecified atom stereocenters. The molecule has 5 rings (SSSR count). The van der Waals surface area contributed by atoms with Gasteiger partial charge in [-0.05, 0) is 54.3 Å². The summed E-state index contributed by atoms with van der Waals surface area (Å²) in [7, 11) is 0. The monoisotopic (exact) mass is 390 g/mol. The van der Waals surface area contributed by atoms with E-state index in [1.807, 2.05) is 18.3 Å². The smallest absolute Gasteiger partial charge is 0.161 e. The van der Waals surface area contributed by atoms with Crippen molar-refractivity contribution in [3.8, 4) is 11.5 Å². The van der Waals surface area contributed by atoms with Crippen molar-refractivity contribution < 1.29 is 14.6 Å². The number of aromatic nitrogens is 1. The fourth-order valence-electron chi connectivity index (χ4n) is 4.53. The first-order chi connectivity index (χ1) is 14.2. The summed E-state index contributed by atoms with van der Waals surface area (Å²) >= 11 is 0. The number of β-amino-alcohol motifs (C(OH)–C–C–N with tert-alkyl or cyclic N) is 1. The molecule has 2 aliphatic heterocycles. The lowest BCUT2D eigenvalue weighted by atomic mass is 9.94. The average molecular weight is 390 g/mol. The second-order valence-corrected chi connectivity index (χ2v) is 8.14. The Morgan fingerprint density at radius 2 is 1.83 bits per heavy atom. The van der Waals surface area contributed by atoms with Crippen molar-refractivity contribution in [2.45, 2.75) is 26.0 Å². The van der Waals surface area contributed by atoms with Gasteiger partial charge in [-0.2, -0.15) is 0 Å². The minimum absolute atomic E-state index is 0.221. The Morgan fingerprint density at radius 1 is 1.03 bits per heavy atom. The van der Waals surface area contributed by atoms with Gasteiger partial charge in [0.1, 0.15) is 13.2 Å². The van der Waals surface area contributed by atoms with Crippen molar-refractivity contribution in [3.63, 3.8) is 0 Å². The lowest BCUT2D eigenvalue weighted by Gasteiger charge is -2.22. The van der Waals surface area contributed by atoms with E-state index in [1.54, 1.807) is 0 Å². The van der Waals surface area contributed by atoms with Crippen LogP contribution in [0.5, 0.6) is 11.5 Å². The van der Waals surface area contributed by atoms with Gasteiger partial charge in [0.15, 0.2) is 11.5 Å². The number of nitrogens with zero attached hydrogens (tertiary/aromatic N) is 2. The molecular weight excluding hydrogens is 364 g/mol. The summed E-state index contributed by atoms with van der Waals surface area (Å²) in [6.45, 7) is 5.70. The molecule has 3 heterocycles. The maximum Gasteiger partial charge on any atom is 0.161 e. The number of aryl methyl sites for hydroxylation is 1. The van der Waals surface area contributed by atoms with E-state index in [0.717, 1.165) is 36.5 Å². The summed E-state index contributed by atoms with van der Waals surface area (Å²) in [4.78, 5) is 6.80. The zero-order chi connectivity index (χ0) is 19.8. The standard InChI is InChI=1S/C24H26N2O3/c1-16-10-23-24(29-9-8-28-23)12-18(16)13-26-14-19(22(27)15-26)11-17-6-7-25-21-5-3-2-4-20(17)21/h2-7,10,12,19,22,27H,8-9,11,13-15H2,1H3/t19-,22+/m1/s1. The highest BCUT2D eigenvalue weighted by Gasteiger charge is 2.32. The van der Waals surface area contributed by atoms with Crippen molar-refractivity contribution in [2.75, 3.05) is 26.3 Å². The quantitative estimate of drug-likeness (QED) is 0.740. The highest BCUT2D eigenvalue weighted by molar-refractivity contribution is 5.81. The largest absolute Gasteiger partial charge is 0.486 e. The zero-order valence-electron chi connectivity index (χ0n) is 16.7. The normalized spacial score (nSPS) is 21.6. The molecule has 29 heavy (non-hydrogen) atoms.